The Hall–Kier alpha value is -2.69. The van der Waals surface area contributed by atoms with Crippen LogP contribution in [0.4, 0.5) is 0 Å². The number of aromatic nitrogens is 2. The van der Waals surface area contributed by atoms with Gasteiger partial charge in [0.25, 0.3) is 5.91 Å². The van der Waals surface area contributed by atoms with Crippen LogP contribution in [0, 0.1) is 12.8 Å². The molecule has 1 atom stereocenters. The fourth-order valence-corrected chi connectivity index (χ4v) is 3.69. The van der Waals surface area contributed by atoms with Crippen LogP contribution in [0.3, 0.4) is 0 Å². The topological polar surface area (TPSA) is 59.2 Å². The molecule has 0 bridgehead atoms. The van der Waals surface area contributed by atoms with Gasteiger partial charge in [0.15, 0.2) is 5.69 Å². The van der Waals surface area contributed by atoms with E-state index in [-0.39, 0.29) is 5.91 Å². The lowest BCUT2D eigenvalue weighted by Crippen LogP contribution is -2.40. The second-order valence-corrected chi connectivity index (χ2v) is 6.77. The normalized spacial score (nSPS) is 17.8. The van der Waals surface area contributed by atoms with E-state index in [1.807, 2.05) is 23.2 Å². The van der Waals surface area contributed by atoms with Crippen LogP contribution in [0.15, 0.2) is 47.1 Å². The molecule has 0 N–H and O–H groups in total. The number of carbonyl (C=O) groups is 1. The van der Waals surface area contributed by atoms with Gasteiger partial charge in [0.1, 0.15) is 5.76 Å². The summed E-state index contributed by atoms with van der Waals surface area (Å²) in [5.74, 6) is 1.10. The average molecular weight is 335 g/mol. The van der Waals surface area contributed by atoms with Gasteiger partial charge in [-0.3, -0.25) is 9.78 Å². The summed E-state index contributed by atoms with van der Waals surface area (Å²) in [7, 11) is 0. The van der Waals surface area contributed by atoms with Crippen LogP contribution in [0.1, 0.15) is 34.7 Å². The molecule has 2 aromatic heterocycles. The molecule has 25 heavy (non-hydrogen) atoms. The SMILES string of the molecule is Cc1cc(C(=O)N2CCCC(Cc3ccnc4ccccc34)C2)no1. The molecule has 5 nitrogen and oxygen atoms in total. The van der Waals surface area contributed by atoms with Crippen molar-refractivity contribution in [3.8, 4) is 0 Å². The van der Waals surface area contributed by atoms with Crippen LogP contribution >= 0.6 is 0 Å². The smallest absolute Gasteiger partial charge is 0.276 e. The van der Waals surface area contributed by atoms with E-state index in [1.165, 1.54) is 10.9 Å². The Bertz CT molecular complexity index is 897. The van der Waals surface area contributed by atoms with Crippen molar-refractivity contribution >= 4 is 16.8 Å². The van der Waals surface area contributed by atoms with Crippen molar-refractivity contribution in [2.75, 3.05) is 13.1 Å². The molecule has 1 saturated heterocycles. The van der Waals surface area contributed by atoms with Crippen molar-refractivity contribution in [1.29, 1.82) is 0 Å². The largest absolute Gasteiger partial charge is 0.361 e. The summed E-state index contributed by atoms with van der Waals surface area (Å²) in [4.78, 5) is 19.0. The zero-order chi connectivity index (χ0) is 17.2. The molecule has 3 heterocycles. The highest BCUT2D eigenvalue weighted by molar-refractivity contribution is 5.92. The van der Waals surface area contributed by atoms with Crippen LogP contribution in [0.25, 0.3) is 10.9 Å². The minimum absolute atomic E-state index is 0.0267. The number of hydrogen-bond donors (Lipinski definition) is 0. The number of para-hydroxylation sites is 1. The Labute approximate surface area is 146 Å². The summed E-state index contributed by atoms with van der Waals surface area (Å²) >= 11 is 0. The Morgan fingerprint density at radius 1 is 1.32 bits per heavy atom. The predicted octanol–water partition coefficient (Wildman–Crippen LogP) is 3.63. The molecule has 0 aliphatic carbocycles. The second-order valence-electron chi connectivity index (χ2n) is 6.77. The van der Waals surface area contributed by atoms with Crippen molar-refractivity contribution in [2.45, 2.75) is 26.2 Å². The van der Waals surface area contributed by atoms with Gasteiger partial charge in [-0.05, 0) is 49.8 Å². The summed E-state index contributed by atoms with van der Waals surface area (Å²) in [6.07, 6.45) is 5.00. The molecule has 0 spiro atoms. The van der Waals surface area contributed by atoms with Gasteiger partial charge in [0.05, 0.1) is 5.52 Å². The van der Waals surface area contributed by atoms with Gasteiger partial charge >= 0.3 is 0 Å². The number of pyridine rings is 1. The lowest BCUT2D eigenvalue weighted by Gasteiger charge is -2.32. The van der Waals surface area contributed by atoms with E-state index >= 15 is 0 Å². The van der Waals surface area contributed by atoms with Crippen LogP contribution < -0.4 is 0 Å². The summed E-state index contributed by atoms with van der Waals surface area (Å²) in [6, 6.07) is 12.0. The van der Waals surface area contributed by atoms with Gasteiger partial charge < -0.3 is 9.42 Å². The number of piperidine rings is 1. The maximum Gasteiger partial charge on any atom is 0.276 e. The molecule has 0 radical (unpaired) electrons. The quantitative estimate of drug-likeness (QED) is 0.733. The lowest BCUT2D eigenvalue weighted by molar-refractivity contribution is 0.0663. The van der Waals surface area contributed by atoms with Crippen LogP contribution in [-0.2, 0) is 6.42 Å². The van der Waals surface area contributed by atoms with Gasteiger partial charge in [0, 0.05) is 30.7 Å². The summed E-state index contributed by atoms with van der Waals surface area (Å²) < 4.78 is 5.04. The van der Waals surface area contributed by atoms with E-state index in [0.29, 0.717) is 17.4 Å². The van der Waals surface area contributed by atoms with Crippen molar-refractivity contribution < 1.29 is 9.32 Å². The van der Waals surface area contributed by atoms with E-state index in [9.17, 15) is 4.79 Å². The van der Waals surface area contributed by atoms with Gasteiger partial charge in [-0.25, -0.2) is 0 Å². The molecule has 4 rings (SSSR count). The zero-order valence-electron chi connectivity index (χ0n) is 14.3. The molecule has 3 aromatic rings. The van der Waals surface area contributed by atoms with E-state index in [4.69, 9.17) is 4.52 Å². The zero-order valence-corrected chi connectivity index (χ0v) is 14.3. The van der Waals surface area contributed by atoms with Crippen LogP contribution in [-0.4, -0.2) is 34.0 Å². The number of aryl methyl sites for hydroxylation is 1. The van der Waals surface area contributed by atoms with Gasteiger partial charge in [0.2, 0.25) is 0 Å². The highest BCUT2D eigenvalue weighted by atomic mass is 16.5. The molecule has 1 fully saturated rings. The molecule has 1 aliphatic heterocycles. The van der Waals surface area contributed by atoms with Gasteiger partial charge in [-0.2, -0.15) is 0 Å². The summed E-state index contributed by atoms with van der Waals surface area (Å²) in [5, 5.41) is 5.08. The monoisotopic (exact) mass is 335 g/mol. The van der Waals surface area contributed by atoms with E-state index < -0.39 is 0 Å². The van der Waals surface area contributed by atoms with E-state index in [0.717, 1.165) is 37.9 Å². The first-order chi connectivity index (χ1) is 12.2. The van der Waals surface area contributed by atoms with Crippen LogP contribution in [0.5, 0.6) is 0 Å². The molecular formula is C20H21N3O2. The molecule has 1 amide bonds. The number of benzene rings is 1. The highest BCUT2D eigenvalue weighted by Gasteiger charge is 2.26. The number of amides is 1. The fourth-order valence-electron chi connectivity index (χ4n) is 3.69. The third kappa shape index (κ3) is 3.27. The Balaban J connectivity index is 1.50. The second kappa shape index (κ2) is 6.67. The molecule has 5 heteroatoms. The maximum atomic E-state index is 12.6. The minimum atomic E-state index is -0.0267. The van der Waals surface area contributed by atoms with Crippen LogP contribution in [0.2, 0.25) is 0 Å². The maximum absolute atomic E-state index is 12.6. The Morgan fingerprint density at radius 2 is 2.20 bits per heavy atom. The molecular weight excluding hydrogens is 314 g/mol. The standard InChI is InChI=1S/C20H21N3O2/c1-14-11-19(22-25-14)20(24)23-10-4-5-15(13-23)12-16-8-9-21-18-7-3-2-6-17(16)18/h2-3,6-9,11,15H,4-5,10,12-13H2,1H3. The molecule has 1 unspecified atom stereocenters. The number of rotatable bonds is 3. The number of likely N-dealkylation sites (tertiary alicyclic amines) is 1. The van der Waals surface area contributed by atoms with E-state index in [2.05, 4.69) is 28.3 Å². The molecule has 1 aromatic carbocycles. The Kier molecular flexibility index (Phi) is 4.22. The Morgan fingerprint density at radius 3 is 3.04 bits per heavy atom. The molecule has 1 aliphatic rings. The molecule has 0 saturated carbocycles. The van der Waals surface area contributed by atoms with Crippen molar-refractivity contribution in [1.82, 2.24) is 15.0 Å². The minimum Gasteiger partial charge on any atom is -0.361 e. The number of hydrogen-bond acceptors (Lipinski definition) is 4. The summed E-state index contributed by atoms with van der Waals surface area (Å²) in [5.41, 5.74) is 2.75. The summed E-state index contributed by atoms with van der Waals surface area (Å²) in [6.45, 7) is 3.36. The lowest BCUT2D eigenvalue weighted by atomic mass is 9.90. The van der Waals surface area contributed by atoms with Gasteiger partial charge in [-0.15, -0.1) is 0 Å². The number of fused-ring (bicyclic) bond motifs is 1. The van der Waals surface area contributed by atoms with Crippen molar-refractivity contribution in [3.63, 3.8) is 0 Å². The number of carbonyl (C=O) groups excluding carboxylic acids is 1. The van der Waals surface area contributed by atoms with Crippen molar-refractivity contribution in [2.24, 2.45) is 5.92 Å². The first-order valence-electron chi connectivity index (χ1n) is 8.76. The highest BCUT2D eigenvalue weighted by Crippen LogP contribution is 2.25. The first kappa shape index (κ1) is 15.8. The third-order valence-electron chi connectivity index (χ3n) is 4.90. The van der Waals surface area contributed by atoms with Gasteiger partial charge in [-0.1, -0.05) is 23.4 Å². The number of nitrogens with zero attached hydrogens (tertiary/aromatic N) is 3. The average Bonchev–Trinajstić information content (AvgIpc) is 3.08. The third-order valence-corrected chi connectivity index (χ3v) is 4.90. The fraction of sp³-hybridized carbons (Fsp3) is 0.350. The van der Waals surface area contributed by atoms with Crippen molar-refractivity contribution in [3.05, 3.63) is 59.6 Å². The predicted molar refractivity (Wildman–Crippen MR) is 95.3 cm³/mol. The first-order valence-corrected chi connectivity index (χ1v) is 8.76. The molecule has 128 valence electrons. The van der Waals surface area contributed by atoms with E-state index in [1.54, 1.807) is 13.0 Å².